The van der Waals surface area contributed by atoms with Crippen LogP contribution in [0.1, 0.15) is 5.82 Å². The molecule has 0 amide bonds. The van der Waals surface area contributed by atoms with Crippen LogP contribution in [-0.4, -0.2) is 24.9 Å². The Morgan fingerprint density at radius 2 is 2.33 bits per heavy atom. The van der Waals surface area contributed by atoms with Crippen molar-refractivity contribution in [2.75, 3.05) is 0 Å². The Morgan fingerprint density at radius 1 is 1.47 bits per heavy atom. The molecule has 0 saturated heterocycles. The summed E-state index contributed by atoms with van der Waals surface area (Å²) in [6, 6.07) is 5.20. The molecule has 0 atom stereocenters. The van der Waals surface area contributed by atoms with Gasteiger partial charge in [0.05, 0.1) is 0 Å². The number of hydrogen-bond donors (Lipinski definition) is 1. The van der Waals surface area contributed by atoms with Gasteiger partial charge in [0, 0.05) is 12.6 Å². The average molecular weight is 202 g/mol. The van der Waals surface area contributed by atoms with Crippen molar-refractivity contribution in [3.63, 3.8) is 0 Å². The number of aromatic nitrogens is 4. The second-order valence-electron chi connectivity index (χ2n) is 2.92. The summed E-state index contributed by atoms with van der Waals surface area (Å²) in [7, 11) is 0. The molecule has 0 aliphatic carbocycles. The zero-order valence-corrected chi connectivity index (χ0v) is 8.04. The van der Waals surface area contributed by atoms with E-state index in [0.717, 1.165) is 0 Å². The van der Waals surface area contributed by atoms with Crippen LogP contribution in [0.15, 0.2) is 37.1 Å². The Hall–Kier alpha value is -2.17. The molecule has 0 spiro atoms. The van der Waals surface area contributed by atoms with E-state index in [1.165, 1.54) is 4.68 Å². The molecule has 76 valence electrons. The van der Waals surface area contributed by atoms with E-state index < -0.39 is 0 Å². The molecule has 0 radical (unpaired) electrons. The lowest BCUT2D eigenvalue weighted by Crippen LogP contribution is -2.03. The summed E-state index contributed by atoms with van der Waals surface area (Å²) < 4.78 is 1.50. The van der Waals surface area contributed by atoms with Crippen molar-refractivity contribution in [2.24, 2.45) is 0 Å². The van der Waals surface area contributed by atoms with E-state index in [0.29, 0.717) is 18.1 Å². The Bertz CT molecular complexity index is 464. The molecule has 1 N–H and O–H groups in total. The summed E-state index contributed by atoms with van der Waals surface area (Å²) >= 11 is 0. The first-order chi connectivity index (χ1) is 7.31. The highest BCUT2D eigenvalue weighted by Crippen LogP contribution is 2.10. The van der Waals surface area contributed by atoms with Gasteiger partial charge in [-0.05, 0) is 12.1 Å². The number of hydrogen-bond acceptors (Lipinski definition) is 4. The monoisotopic (exact) mass is 202 g/mol. The van der Waals surface area contributed by atoms with Gasteiger partial charge in [-0.15, -0.1) is 11.7 Å². The van der Waals surface area contributed by atoms with Gasteiger partial charge in [-0.1, -0.05) is 12.1 Å². The molecule has 15 heavy (non-hydrogen) atoms. The lowest BCUT2D eigenvalue weighted by Gasteiger charge is -2.01. The molecule has 2 heterocycles. The van der Waals surface area contributed by atoms with Crippen LogP contribution in [0.2, 0.25) is 0 Å². The third-order valence-electron chi connectivity index (χ3n) is 1.86. The Balaban J connectivity index is 2.47. The summed E-state index contributed by atoms with van der Waals surface area (Å²) in [5.74, 6) is 1.24. The van der Waals surface area contributed by atoms with E-state index in [9.17, 15) is 5.11 Å². The van der Waals surface area contributed by atoms with Gasteiger partial charge in [0.1, 0.15) is 5.82 Å². The minimum atomic E-state index is -0.252. The molecule has 2 aromatic rings. The molecule has 0 aliphatic rings. The predicted molar refractivity (Wildman–Crippen MR) is 54.7 cm³/mol. The highest BCUT2D eigenvalue weighted by atomic mass is 16.3. The van der Waals surface area contributed by atoms with Crippen molar-refractivity contribution in [3.8, 4) is 11.8 Å². The molecule has 5 nitrogen and oxygen atoms in total. The maximum absolute atomic E-state index is 9.22. The molecular formula is C10H10N4O. The smallest absolute Gasteiger partial charge is 0.333 e. The van der Waals surface area contributed by atoms with Crippen molar-refractivity contribution < 1.29 is 5.11 Å². The third kappa shape index (κ3) is 1.85. The molecule has 0 unspecified atom stereocenters. The van der Waals surface area contributed by atoms with Crippen LogP contribution >= 0.6 is 0 Å². The second kappa shape index (κ2) is 3.91. The number of pyridine rings is 1. The third-order valence-corrected chi connectivity index (χ3v) is 1.86. The van der Waals surface area contributed by atoms with E-state index in [4.69, 9.17) is 0 Å². The first kappa shape index (κ1) is 9.39. The summed E-state index contributed by atoms with van der Waals surface area (Å²) in [5, 5.41) is 13.1. The van der Waals surface area contributed by atoms with Crippen LogP contribution in [0, 0.1) is 0 Å². The van der Waals surface area contributed by atoms with Crippen molar-refractivity contribution in [1.29, 1.82) is 0 Å². The standard InChI is InChI=1S/C10H10N4O/c1-2-5-9-12-10(15)13-14(9)8-6-3-4-7-11-8/h2-4,6-7H,1,5H2,(H,13,15). The first-order valence-electron chi connectivity index (χ1n) is 4.48. The van der Waals surface area contributed by atoms with Gasteiger partial charge in [-0.25, -0.2) is 4.98 Å². The van der Waals surface area contributed by atoms with Crippen molar-refractivity contribution in [1.82, 2.24) is 19.7 Å². The molecule has 0 aliphatic heterocycles. The molecule has 0 bridgehead atoms. The molecule has 2 aromatic heterocycles. The fraction of sp³-hybridized carbons (Fsp3) is 0.100. The van der Waals surface area contributed by atoms with Gasteiger partial charge >= 0.3 is 6.01 Å². The van der Waals surface area contributed by atoms with E-state index >= 15 is 0 Å². The quantitative estimate of drug-likeness (QED) is 0.757. The fourth-order valence-corrected chi connectivity index (χ4v) is 1.26. The maximum Gasteiger partial charge on any atom is 0.333 e. The number of nitrogens with zero attached hydrogens (tertiary/aromatic N) is 4. The van der Waals surface area contributed by atoms with E-state index in [1.54, 1.807) is 18.3 Å². The highest BCUT2D eigenvalue weighted by Gasteiger charge is 2.09. The molecule has 0 fully saturated rings. The Kier molecular flexibility index (Phi) is 2.45. The topological polar surface area (TPSA) is 63.8 Å². The summed E-state index contributed by atoms with van der Waals surface area (Å²) in [6.45, 7) is 3.62. The zero-order chi connectivity index (χ0) is 10.7. The van der Waals surface area contributed by atoms with E-state index in [-0.39, 0.29) is 6.01 Å². The molecular weight excluding hydrogens is 192 g/mol. The van der Waals surface area contributed by atoms with Crippen molar-refractivity contribution in [2.45, 2.75) is 6.42 Å². The van der Waals surface area contributed by atoms with Crippen molar-refractivity contribution in [3.05, 3.63) is 42.9 Å². The van der Waals surface area contributed by atoms with E-state index in [2.05, 4.69) is 21.6 Å². The first-order valence-corrected chi connectivity index (χ1v) is 4.48. The summed E-state index contributed by atoms with van der Waals surface area (Å²) in [4.78, 5) is 7.99. The van der Waals surface area contributed by atoms with Crippen LogP contribution in [0.25, 0.3) is 5.82 Å². The Morgan fingerprint density at radius 3 is 3.00 bits per heavy atom. The minimum absolute atomic E-state index is 0.252. The SMILES string of the molecule is C=CCc1nc(O)nn1-c1ccccn1. The second-order valence-corrected chi connectivity index (χ2v) is 2.92. The van der Waals surface area contributed by atoms with Crippen LogP contribution < -0.4 is 0 Å². The van der Waals surface area contributed by atoms with Gasteiger partial charge in [0.25, 0.3) is 0 Å². The Labute approximate surface area is 86.7 Å². The normalized spacial score (nSPS) is 10.1. The predicted octanol–water partition coefficient (Wildman–Crippen LogP) is 1.10. The zero-order valence-electron chi connectivity index (χ0n) is 8.04. The van der Waals surface area contributed by atoms with E-state index in [1.807, 2.05) is 12.1 Å². The summed E-state index contributed by atoms with van der Waals surface area (Å²) in [5.41, 5.74) is 0. The molecule has 2 rings (SSSR count). The van der Waals surface area contributed by atoms with Crippen LogP contribution in [0.4, 0.5) is 0 Å². The van der Waals surface area contributed by atoms with Gasteiger partial charge in [0.15, 0.2) is 5.82 Å². The number of allylic oxidation sites excluding steroid dienone is 1. The minimum Gasteiger partial charge on any atom is -0.478 e. The lowest BCUT2D eigenvalue weighted by atomic mass is 10.4. The van der Waals surface area contributed by atoms with Gasteiger partial charge in [0.2, 0.25) is 0 Å². The van der Waals surface area contributed by atoms with Gasteiger partial charge in [-0.2, -0.15) is 9.67 Å². The molecule has 0 aromatic carbocycles. The van der Waals surface area contributed by atoms with Crippen molar-refractivity contribution >= 4 is 0 Å². The van der Waals surface area contributed by atoms with Crippen LogP contribution in [0.3, 0.4) is 0 Å². The van der Waals surface area contributed by atoms with Gasteiger partial charge < -0.3 is 5.11 Å². The van der Waals surface area contributed by atoms with Crippen LogP contribution in [-0.2, 0) is 6.42 Å². The van der Waals surface area contributed by atoms with Gasteiger partial charge in [-0.3, -0.25) is 0 Å². The highest BCUT2D eigenvalue weighted by molar-refractivity contribution is 5.23. The molecule has 5 heteroatoms. The molecule has 0 saturated carbocycles. The lowest BCUT2D eigenvalue weighted by molar-refractivity contribution is 0.429. The largest absolute Gasteiger partial charge is 0.478 e. The average Bonchev–Trinajstić information content (AvgIpc) is 2.62. The fourth-order valence-electron chi connectivity index (χ4n) is 1.26. The summed E-state index contributed by atoms with van der Waals surface area (Å²) in [6.07, 6.45) is 3.89. The number of rotatable bonds is 3. The number of aromatic hydroxyl groups is 1. The maximum atomic E-state index is 9.22. The van der Waals surface area contributed by atoms with Crippen LogP contribution in [0.5, 0.6) is 6.01 Å².